The fourth-order valence-corrected chi connectivity index (χ4v) is 7.88. The van der Waals surface area contributed by atoms with Crippen molar-refractivity contribution in [3.63, 3.8) is 0 Å². The quantitative estimate of drug-likeness (QED) is 0.221. The summed E-state index contributed by atoms with van der Waals surface area (Å²) in [5.41, 5.74) is 4.49. The van der Waals surface area contributed by atoms with E-state index in [2.05, 4.69) is 39.0 Å². The van der Waals surface area contributed by atoms with Crippen molar-refractivity contribution in [2.75, 3.05) is 37.2 Å². The van der Waals surface area contributed by atoms with Gasteiger partial charge in [0.1, 0.15) is 24.9 Å². The molecule has 1 saturated carbocycles. The molecule has 198 valence electrons. The molecule has 1 aliphatic carbocycles. The van der Waals surface area contributed by atoms with Gasteiger partial charge in [-0.3, -0.25) is 5.10 Å². The minimum atomic E-state index is -2.44. The van der Waals surface area contributed by atoms with Crippen LogP contribution in [0.4, 0.5) is 17.2 Å². The van der Waals surface area contributed by atoms with E-state index < -0.39 is 13.4 Å². The molecule has 4 aromatic rings. The first kappa shape index (κ1) is 24.8. The third-order valence-electron chi connectivity index (χ3n) is 8.43. The normalized spacial score (nSPS) is 21.8. The number of nitrogens with one attached hydrogen (secondary N) is 3. The van der Waals surface area contributed by atoms with Crippen LogP contribution in [0.3, 0.4) is 0 Å². The molecule has 0 amide bonds. The molecule has 8 nitrogen and oxygen atoms in total. The maximum absolute atomic E-state index is 13.3. The average molecular weight is 533 g/mol. The molecule has 1 aromatic heterocycles. The Balaban J connectivity index is 1.31. The van der Waals surface area contributed by atoms with Gasteiger partial charge in [-0.1, -0.05) is 19.9 Å². The van der Waals surface area contributed by atoms with E-state index in [1.54, 1.807) is 14.2 Å². The van der Waals surface area contributed by atoms with E-state index in [-0.39, 0.29) is 11.3 Å². The lowest BCUT2D eigenvalue weighted by Gasteiger charge is -2.18. The van der Waals surface area contributed by atoms with E-state index in [1.165, 1.54) is 0 Å². The largest absolute Gasteiger partial charge is 0.497 e. The summed E-state index contributed by atoms with van der Waals surface area (Å²) in [6.45, 7) is 3.94. The molecule has 0 radical (unpaired) electrons. The van der Waals surface area contributed by atoms with Crippen LogP contribution in [-0.4, -0.2) is 48.1 Å². The number of H-pyrrole nitrogens is 1. The van der Waals surface area contributed by atoms with Crippen molar-refractivity contribution in [1.82, 2.24) is 10.2 Å². The molecule has 1 fully saturated rings. The fraction of sp³-hybridized carbons (Fsp3) is 0.345. The van der Waals surface area contributed by atoms with Gasteiger partial charge in [0.2, 0.25) is 0 Å². The first-order valence-corrected chi connectivity index (χ1v) is 15.1. The summed E-state index contributed by atoms with van der Waals surface area (Å²) < 4.78 is 24.4. The van der Waals surface area contributed by atoms with E-state index in [1.807, 2.05) is 50.2 Å². The lowest BCUT2D eigenvalue weighted by Crippen LogP contribution is -2.27. The number of ether oxygens (including phenoxy) is 2. The second-order valence-corrected chi connectivity index (χ2v) is 13.7. The van der Waals surface area contributed by atoms with Crippen molar-refractivity contribution < 1.29 is 19.1 Å². The Morgan fingerprint density at radius 1 is 1.08 bits per heavy atom. The summed E-state index contributed by atoms with van der Waals surface area (Å²) in [4.78, 5) is 0. The molecule has 1 unspecified atom stereocenters. The molecule has 3 aromatic carbocycles. The Morgan fingerprint density at radius 3 is 2.63 bits per heavy atom. The number of anilines is 3. The van der Waals surface area contributed by atoms with E-state index in [0.29, 0.717) is 23.9 Å². The highest BCUT2D eigenvalue weighted by Crippen LogP contribution is 2.67. The number of methoxy groups -OCH3 is 2. The molecule has 9 heteroatoms. The van der Waals surface area contributed by atoms with E-state index in [4.69, 9.17) is 9.47 Å². The van der Waals surface area contributed by atoms with Crippen LogP contribution in [-0.2, 0) is 9.98 Å². The third-order valence-corrected chi connectivity index (χ3v) is 11.7. The van der Waals surface area contributed by atoms with Crippen LogP contribution in [0.15, 0.2) is 54.6 Å². The van der Waals surface area contributed by atoms with Gasteiger partial charge in [-0.25, -0.2) is 0 Å². The first-order valence-electron chi connectivity index (χ1n) is 13.0. The molecule has 6 rings (SSSR count). The highest BCUT2D eigenvalue weighted by molar-refractivity contribution is 7.71. The van der Waals surface area contributed by atoms with Gasteiger partial charge < -0.3 is 29.8 Å². The smallest absolute Gasteiger partial charge is 0.160 e. The molecule has 0 bridgehead atoms. The summed E-state index contributed by atoms with van der Waals surface area (Å²) in [5, 5.41) is 27.1. The molecule has 0 saturated heterocycles. The van der Waals surface area contributed by atoms with Gasteiger partial charge in [-0.2, -0.15) is 5.10 Å². The zero-order chi connectivity index (χ0) is 26.7. The SMILES string of the molecule is CCP(=O)(CC)c1ccc(OC)c(Nc2n[nH]c3cc([C@@H]4C[C@]45c4cc(OC)ccc4NC5O)ccc23)c1. The lowest BCUT2D eigenvalue weighted by molar-refractivity contribution is 0.166. The Bertz CT molecular complexity index is 1580. The van der Waals surface area contributed by atoms with E-state index >= 15 is 0 Å². The topological polar surface area (TPSA) is 108 Å². The number of aromatic amines is 1. The van der Waals surface area contributed by atoms with Crippen molar-refractivity contribution in [1.29, 1.82) is 0 Å². The first-order chi connectivity index (χ1) is 18.4. The zero-order valence-electron chi connectivity index (χ0n) is 22.0. The summed E-state index contributed by atoms with van der Waals surface area (Å²) in [7, 11) is 0.841. The van der Waals surface area contributed by atoms with Gasteiger partial charge in [-0.15, -0.1) is 0 Å². The standard InChI is InChI=1S/C29H33N4O4P/c1-5-38(35,6-2)19-9-12-26(37-4)25(15-19)30-27-20-10-7-17(13-24(20)32-33-27)22-16-29(22)21-14-18(36-3)8-11-23(21)31-28(29)34/h7-15,22,28,31,34H,5-6,16H2,1-4H3,(H2,30,32,33)/t22-,28?,29-/m0/s1. The number of aromatic nitrogens is 2. The molecule has 1 spiro atoms. The number of nitrogens with zero attached hydrogens (tertiary/aromatic N) is 1. The Kier molecular flexibility index (Phi) is 5.93. The number of rotatable bonds is 8. The van der Waals surface area contributed by atoms with E-state index in [0.717, 1.165) is 50.9 Å². The molecule has 4 N–H and O–H groups in total. The maximum Gasteiger partial charge on any atom is 0.160 e. The second-order valence-electron chi connectivity index (χ2n) is 10.2. The monoisotopic (exact) mass is 532 g/mol. The van der Waals surface area contributed by atoms with Crippen molar-refractivity contribution in [2.24, 2.45) is 0 Å². The van der Waals surface area contributed by atoms with Crippen LogP contribution in [0.1, 0.15) is 37.3 Å². The molecular formula is C29H33N4O4P. The second kappa shape index (κ2) is 9.07. The average Bonchev–Trinajstić information content (AvgIpc) is 3.50. The highest BCUT2D eigenvalue weighted by Gasteiger charge is 2.64. The van der Waals surface area contributed by atoms with Crippen LogP contribution in [0.5, 0.6) is 11.5 Å². The van der Waals surface area contributed by atoms with Gasteiger partial charge >= 0.3 is 0 Å². The number of hydrogen-bond acceptors (Lipinski definition) is 7. The number of benzene rings is 3. The molecule has 2 aliphatic rings. The minimum Gasteiger partial charge on any atom is -0.497 e. The van der Waals surface area contributed by atoms with Gasteiger partial charge in [0.25, 0.3) is 0 Å². The number of fused-ring (bicyclic) bond motifs is 3. The van der Waals surface area contributed by atoms with Crippen LogP contribution in [0.25, 0.3) is 10.9 Å². The molecule has 38 heavy (non-hydrogen) atoms. The Hall–Kier alpha value is -3.48. The number of aliphatic hydroxyl groups excluding tert-OH is 1. The highest BCUT2D eigenvalue weighted by atomic mass is 31.2. The summed E-state index contributed by atoms with van der Waals surface area (Å²) in [6, 6.07) is 17.9. The predicted octanol–water partition coefficient (Wildman–Crippen LogP) is 5.52. The van der Waals surface area contributed by atoms with Crippen LogP contribution in [0, 0.1) is 0 Å². The molecular weight excluding hydrogens is 499 g/mol. The number of aliphatic hydroxyl groups is 1. The van der Waals surface area contributed by atoms with Crippen molar-refractivity contribution >= 4 is 40.5 Å². The molecule has 3 atom stereocenters. The third kappa shape index (κ3) is 3.69. The van der Waals surface area contributed by atoms with Gasteiger partial charge in [0.15, 0.2) is 5.82 Å². The number of hydrogen-bond donors (Lipinski definition) is 4. The zero-order valence-corrected chi connectivity index (χ0v) is 22.9. The van der Waals surface area contributed by atoms with Gasteiger partial charge in [0, 0.05) is 34.1 Å². The minimum absolute atomic E-state index is 0.177. The Morgan fingerprint density at radius 2 is 1.89 bits per heavy atom. The maximum atomic E-state index is 13.3. The lowest BCUT2D eigenvalue weighted by atomic mass is 9.91. The van der Waals surface area contributed by atoms with Crippen molar-refractivity contribution in [2.45, 2.75) is 37.8 Å². The van der Waals surface area contributed by atoms with Gasteiger partial charge in [0.05, 0.1) is 25.4 Å². The Labute approximate surface area is 222 Å². The molecule has 2 heterocycles. The van der Waals surface area contributed by atoms with E-state index in [9.17, 15) is 9.67 Å². The van der Waals surface area contributed by atoms with Crippen LogP contribution in [0.2, 0.25) is 0 Å². The van der Waals surface area contributed by atoms with Crippen molar-refractivity contribution in [3.8, 4) is 11.5 Å². The fourth-order valence-electron chi connectivity index (χ4n) is 5.99. The van der Waals surface area contributed by atoms with Crippen LogP contribution >= 0.6 is 7.14 Å². The summed E-state index contributed by atoms with van der Waals surface area (Å²) in [5.74, 6) is 2.31. The van der Waals surface area contributed by atoms with Crippen LogP contribution < -0.4 is 25.4 Å². The summed E-state index contributed by atoms with van der Waals surface area (Å²) >= 11 is 0. The predicted molar refractivity (Wildman–Crippen MR) is 152 cm³/mol. The molecule has 1 aliphatic heterocycles. The van der Waals surface area contributed by atoms with Crippen molar-refractivity contribution in [3.05, 3.63) is 65.7 Å². The summed E-state index contributed by atoms with van der Waals surface area (Å²) in [6.07, 6.45) is 1.44. The van der Waals surface area contributed by atoms with Gasteiger partial charge in [-0.05, 0) is 72.0 Å².